The number of hydrogen-bond donors (Lipinski definition) is 1. The van der Waals surface area contributed by atoms with E-state index in [0.29, 0.717) is 6.61 Å². The van der Waals surface area contributed by atoms with Gasteiger partial charge in [0.15, 0.2) is 0 Å². The number of furan rings is 1. The summed E-state index contributed by atoms with van der Waals surface area (Å²) in [5.41, 5.74) is 0. The molecular formula is C16H23NO3. The van der Waals surface area contributed by atoms with Gasteiger partial charge in [0.1, 0.15) is 17.6 Å². The fourth-order valence-electron chi connectivity index (χ4n) is 2.45. The van der Waals surface area contributed by atoms with Crippen LogP contribution in [0.3, 0.4) is 0 Å². The number of ether oxygens (including phenoxy) is 1. The fraction of sp³-hybridized carbons (Fsp3) is 0.562. The van der Waals surface area contributed by atoms with Crippen LogP contribution in [-0.2, 0) is 16.0 Å². The first-order valence-corrected chi connectivity index (χ1v) is 7.27. The van der Waals surface area contributed by atoms with E-state index in [2.05, 4.69) is 17.5 Å². The number of nitrogens with one attached hydrogen (secondary N) is 1. The van der Waals surface area contributed by atoms with Crippen molar-refractivity contribution in [1.82, 2.24) is 5.32 Å². The number of hydrogen-bond acceptors (Lipinski definition) is 3. The van der Waals surface area contributed by atoms with Crippen LogP contribution in [0, 0.1) is 5.92 Å². The van der Waals surface area contributed by atoms with Gasteiger partial charge in [-0.3, -0.25) is 4.79 Å². The van der Waals surface area contributed by atoms with Gasteiger partial charge in [0, 0.05) is 19.4 Å². The molecule has 4 nitrogen and oxygen atoms in total. The second-order valence-corrected chi connectivity index (χ2v) is 5.16. The first kappa shape index (κ1) is 14.9. The number of carbonyl (C=O) groups excluding carboxylic acids is 1. The highest BCUT2D eigenvalue weighted by molar-refractivity contribution is 5.79. The SMILES string of the molecule is CCc1ccc([C@@H](COC)NC(=O)[C@H]2CC=CCC2)o1. The lowest BCUT2D eigenvalue weighted by Crippen LogP contribution is -2.36. The predicted octanol–water partition coefficient (Wildman–Crippen LogP) is 3.00. The molecule has 20 heavy (non-hydrogen) atoms. The maximum Gasteiger partial charge on any atom is 0.224 e. The van der Waals surface area contributed by atoms with Crippen molar-refractivity contribution in [2.24, 2.45) is 5.92 Å². The van der Waals surface area contributed by atoms with Crippen molar-refractivity contribution in [1.29, 1.82) is 0 Å². The van der Waals surface area contributed by atoms with Crippen molar-refractivity contribution < 1.29 is 13.9 Å². The standard InChI is InChI=1S/C16H23NO3/c1-3-13-9-10-15(20-13)14(11-19-2)17-16(18)12-7-5-4-6-8-12/h4-5,9-10,12,14H,3,6-8,11H2,1-2H3,(H,17,18)/t12-,14+/m0/s1. The third-order valence-corrected chi connectivity index (χ3v) is 3.66. The normalized spacial score (nSPS) is 19.8. The Hall–Kier alpha value is -1.55. The summed E-state index contributed by atoms with van der Waals surface area (Å²) in [7, 11) is 1.63. The third kappa shape index (κ3) is 3.73. The molecule has 2 atom stereocenters. The van der Waals surface area contributed by atoms with E-state index >= 15 is 0 Å². The molecule has 0 saturated carbocycles. The summed E-state index contributed by atoms with van der Waals surface area (Å²) in [5.74, 6) is 1.85. The van der Waals surface area contributed by atoms with E-state index in [1.807, 2.05) is 19.1 Å². The Morgan fingerprint density at radius 2 is 2.35 bits per heavy atom. The number of rotatable bonds is 6. The second-order valence-electron chi connectivity index (χ2n) is 5.16. The molecule has 0 radical (unpaired) electrons. The Kier molecular flexibility index (Phi) is 5.41. The monoisotopic (exact) mass is 277 g/mol. The summed E-state index contributed by atoms with van der Waals surface area (Å²) < 4.78 is 10.9. The highest BCUT2D eigenvalue weighted by atomic mass is 16.5. The van der Waals surface area contributed by atoms with E-state index in [9.17, 15) is 4.79 Å². The molecule has 1 N–H and O–H groups in total. The van der Waals surface area contributed by atoms with Crippen LogP contribution in [0.1, 0.15) is 43.7 Å². The van der Waals surface area contributed by atoms with Gasteiger partial charge in [0.05, 0.1) is 6.61 Å². The summed E-state index contributed by atoms with van der Waals surface area (Å²) in [6.45, 7) is 2.46. The van der Waals surface area contributed by atoms with Gasteiger partial charge in [-0.15, -0.1) is 0 Å². The third-order valence-electron chi connectivity index (χ3n) is 3.66. The van der Waals surface area contributed by atoms with Gasteiger partial charge in [-0.05, 0) is 31.4 Å². The number of methoxy groups -OCH3 is 1. The highest BCUT2D eigenvalue weighted by Crippen LogP contribution is 2.22. The molecule has 0 spiro atoms. The quantitative estimate of drug-likeness (QED) is 0.813. The van der Waals surface area contributed by atoms with E-state index < -0.39 is 0 Å². The van der Waals surface area contributed by atoms with Crippen molar-refractivity contribution in [3.8, 4) is 0 Å². The largest absolute Gasteiger partial charge is 0.464 e. The average molecular weight is 277 g/mol. The molecule has 110 valence electrons. The Bertz CT molecular complexity index is 464. The maximum absolute atomic E-state index is 12.3. The molecule has 0 aromatic carbocycles. The van der Waals surface area contributed by atoms with Gasteiger partial charge >= 0.3 is 0 Å². The van der Waals surface area contributed by atoms with Crippen LogP contribution in [0.5, 0.6) is 0 Å². The predicted molar refractivity (Wildman–Crippen MR) is 77.3 cm³/mol. The number of carbonyl (C=O) groups is 1. The van der Waals surface area contributed by atoms with Crippen molar-refractivity contribution in [3.63, 3.8) is 0 Å². The van der Waals surface area contributed by atoms with Gasteiger partial charge in [-0.2, -0.15) is 0 Å². The van der Waals surface area contributed by atoms with Gasteiger partial charge in [-0.1, -0.05) is 19.1 Å². The summed E-state index contributed by atoms with van der Waals surface area (Å²) in [6, 6.07) is 3.66. The lowest BCUT2D eigenvalue weighted by atomic mass is 9.93. The fourth-order valence-corrected chi connectivity index (χ4v) is 2.45. The van der Waals surface area contributed by atoms with Crippen molar-refractivity contribution in [2.75, 3.05) is 13.7 Å². The zero-order valence-electron chi connectivity index (χ0n) is 12.2. The zero-order chi connectivity index (χ0) is 14.4. The average Bonchev–Trinajstić information content (AvgIpc) is 2.96. The van der Waals surface area contributed by atoms with Crippen molar-refractivity contribution in [3.05, 3.63) is 35.8 Å². The van der Waals surface area contributed by atoms with Crippen LogP contribution in [-0.4, -0.2) is 19.6 Å². The summed E-state index contributed by atoms with van der Waals surface area (Å²) in [4.78, 5) is 12.3. The van der Waals surface area contributed by atoms with Crippen LogP contribution >= 0.6 is 0 Å². The smallest absolute Gasteiger partial charge is 0.224 e. The molecule has 2 rings (SSSR count). The van der Waals surface area contributed by atoms with E-state index in [1.165, 1.54) is 0 Å². The molecule has 1 aromatic rings. The van der Waals surface area contributed by atoms with E-state index in [1.54, 1.807) is 7.11 Å². The molecular weight excluding hydrogens is 254 g/mol. The molecule has 1 aliphatic carbocycles. The molecule has 0 aliphatic heterocycles. The molecule has 0 bridgehead atoms. The van der Waals surface area contributed by atoms with Crippen LogP contribution in [0.2, 0.25) is 0 Å². The van der Waals surface area contributed by atoms with Gasteiger partial charge in [-0.25, -0.2) is 0 Å². The van der Waals surface area contributed by atoms with Crippen LogP contribution in [0.25, 0.3) is 0 Å². The molecule has 0 fully saturated rings. The molecule has 0 unspecified atom stereocenters. The number of allylic oxidation sites excluding steroid dienone is 2. The van der Waals surface area contributed by atoms with Gasteiger partial charge in [0.2, 0.25) is 5.91 Å². The number of amides is 1. The minimum Gasteiger partial charge on any atom is -0.464 e. The van der Waals surface area contributed by atoms with Crippen molar-refractivity contribution in [2.45, 2.75) is 38.6 Å². The second kappa shape index (κ2) is 7.29. The molecule has 4 heteroatoms. The summed E-state index contributed by atoms with van der Waals surface area (Å²) in [5, 5.41) is 3.05. The molecule has 1 aliphatic rings. The molecule has 0 saturated heterocycles. The topological polar surface area (TPSA) is 51.5 Å². The maximum atomic E-state index is 12.3. The van der Waals surface area contributed by atoms with Crippen molar-refractivity contribution >= 4 is 5.91 Å². The van der Waals surface area contributed by atoms with E-state index in [-0.39, 0.29) is 17.9 Å². The first-order chi connectivity index (χ1) is 9.74. The minimum atomic E-state index is -0.210. The van der Waals surface area contributed by atoms with Crippen LogP contribution in [0.15, 0.2) is 28.7 Å². The molecule has 1 aromatic heterocycles. The first-order valence-electron chi connectivity index (χ1n) is 7.27. The Morgan fingerprint density at radius 3 is 2.95 bits per heavy atom. The minimum absolute atomic E-state index is 0.0694. The zero-order valence-corrected chi connectivity index (χ0v) is 12.2. The summed E-state index contributed by atoms with van der Waals surface area (Å²) >= 11 is 0. The Balaban J connectivity index is 2.01. The van der Waals surface area contributed by atoms with Crippen LogP contribution in [0.4, 0.5) is 0 Å². The van der Waals surface area contributed by atoms with Gasteiger partial charge < -0.3 is 14.5 Å². The number of aryl methyl sites for hydroxylation is 1. The molecule has 1 amide bonds. The van der Waals surface area contributed by atoms with Gasteiger partial charge in [0.25, 0.3) is 0 Å². The Labute approximate surface area is 120 Å². The lowest BCUT2D eigenvalue weighted by molar-refractivity contribution is -0.126. The van der Waals surface area contributed by atoms with E-state index in [0.717, 1.165) is 37.2 Å². The summed E-state index contributed by atoms with van der Waals surface area (Å²) in [6.07, 6.45) is 7.79. The Morgan fingerprint density at radius 1 is 1.50 bits per heavy atom. The lowest BCUT2D eigenvalue weighted by Gasteiger charge is -2.21. The highest BCUT2D eigenvalue weighted by Gasteiger charge is 2.24. The van der Waals surface area contributed by atoms with Crippen LogP contribution < -0.4 is 5.32 Å². The van der Waals surface area contributed by atoms with E-state index in [4.69, 9.17) is 9.15 Å². The molecule has 1 heterocycles.